The van der Waals surface area contributed by atoms with Crippen LogP contribution in [0.25, 0.3) is 10.9 Å². The number of ether oxygens (including phenoxy) is 1. The number of nitrogens with one attached hydrogen (secondary N) is 2. The van der Waals surface area contributed by atoms with Crippen molar-refractivity contribution in [2.75, 3.05) is 21.3 Å². The van der Waals surface area contributed by atoms with Gasteiger partial charge in [0, 0.05) is 41.5 Å². The highest BCUT2D eigenvalue weighted by Crippen LogP contribution is 2.34. The predicted octanol–water partition coefficient (Wildman–Crippen LogP) is 4.92. The largest absolute Gasteiger partial charge is 0.496 e. The van der Waals surface area contributed by atoms with Gasteiger partial charge in [-0.05, 0) is 67.3 Å². The summed E-state index contributed by atoms with van der Waals surface area (Å²) in [6.07, 6.45) is 0.919. The Bertz CT molecular complexity index is 1800. The third-order valence-corrected chi connectivity index (χ3v) is 9.20. The summed E-state index contributed by atoms with van der Waals surface area (Å²) in [4.78, 5) is 35.0. The van der Waals surface area contributed by atoms with Crippen LogP contribution in [-0.2, 0) is 39.6 Å². The Kier molecular flexibility index (Phi) is 10.2. The van der Waals surface area contributed by atoms with Gasteiger partial charge in [-0.2, -0.15) is 0 Å². The number of carbonyl (C=O) groups excluding carboxylic acids is 2. The molecule has 0 spiro atoms. The number of amides is 3. The number of halogens is 1. The van der Waals surface area contributed by atoms with Crippen LogP contribution in [0.4, 0.5) is 4.79 Å². The molecule has 0 fully saturated rings. The molecular formula is C31H35ClN4O7S. The maximum absolute atomic E-state index is 13.0. The van der Waals surface area contributed by atoms with Crippen molar-refractivity contribution < 1.29 is 32.4 Å². The molecule has 4 rings (SSSR count). The second-order valence-corrected chi connectivity index (χ2v) is 12.3. The molecule has 4 aromatic rings. The summed E-state index contributed by atoms with van der Waals surface area (Å²) in [5, 5.41) is 5.05. The molecule has 0 bridgehead atoms. The van der Waals surface area contributed by atoms with E-state index in [-0.39, 0.29) is 16.5 Å². The first-order valence-electron chi connectivity index (χ1n) is 13.6. The standard InChI is InChI=1S/C31H35ClN4O7S/c1-19-9-7-8-10-28(19)44(39,40)34-30(37)23-13-12-22(27(18-23)41-4)17-25-24-16-21(11-14-26(24)35(3)29(25)32)15-20(2)33-31(38)36(42-5)43-6/h7-14,16,18,20H,15,17H2,1-6H3,(H,33,38)(H,34,37). The fourth-order valence-electron chi connectivity index (χ4n) is 5.06. The second-order valence-electron chi connectivity index (χ2n) is 10.3. The van der Waals surface area contributed by atoms with E-state index in [1.165, 1.54) is 33.5 Å². The molecule has 1 unspecified atom stereocenters. The first-order valence-corrected chi connectivity index (χ1v) is 15.5. The average Bonchev–Trinajstić information content (AvgIpc) is 3.21. The van der Waals surface area contributed by atoms with Crippen LogP contribution in [-0.4, -0.2) is 57.5 Å². The summed E-state index contributed by atoms with van der Waals surface area (Å²) >= 11 is 6.80. The van der Waals surface area contributed by atoms with Gasteiger partial charge in [-0.15, -0.1) is 0 Å². The van der Waals surface area contributed by atoms with Crippen LogP contribution >= 0.6 is 11.6 Å². The van der Waals surface area contributed by atoms with Gasteiger partial charge in [-0.3, -0.25) is 4.79 Å². The number of fused-ring (bicyclic) bond motifs is 1. The lowest BCUT2D eigenvalue weighted by Gasteiger charge is -2.20. The van der Waals surface area contributed by atoms with E-state index in [4.69, 9.17) is 26.0 Å². The van der Waals surface area contributed by atoms with Crippen LogP contribution in [0.3, 0.4) is 0 Å². The van der Waals surface area contributed by atoms with E-state index in [2.05, 4.69) is 10.0 Å². The van der Waals surface area contributed by atoms with Gasteiger partial charge in [0.05, 0.1) is 26.2 Å². The number of hydrogen-bond acceptors (Lipinski definition) is 7. The van der Waals surface area contributed by atoms with Crippen molar-refractivity contribution in [3.05, 3.63) is 93.6 Å². The lowest BCUT2D eigenvalue weighted by Crippen LogP contribution is -2.43. The molecule has 11 nitrogen and oxygen atoms in total. The molecule has 2 N–H and O–H groups in total. The molecule has 0 radical (unpaired) electrons. The van der Waals surface area contributed by atoms with Crippen molar-refractivity contribution in [3.8, 4) is 5.75 Å². The number of methoxy groups -OCH3 is 1. The molecule has 1 atom stereocenters. The van der Waals surface area contributed by atoms with E-state index in [1.54, 1.807) is 37.3 Å². The molecular weight excluding hydrogens is 608 g/mol. The minimum absolute atomic E-state index is 0.0330. The van der Waals surface area contributed by atoms with Crippen molar-refractivity contribution in [2.45, 2.75) is 37.6 Å². The zero-order valence-electron chi connectivity index (χ0n) is 25.3. The summed E-state index contributed by atoms with van der Waals surface area (Å²) in [5.74, 6) is -0.362. The van der Waals surface area contributed by atoms with Crippen LogP contribution in [0.15, 0.2) is 65.6 Å². The number of nitrogens with zero attached hydrogens (tertiary/aromatic N) is 2. The van der Waals surface area contributed by atoms with Gasteiger partial charge < -0.3 is 14.6 Å². The van der Waals surface area contributed by atoms with Crippen LogP contribution < -0.4 is 14.8 Å². The molecule has 3 aromatic carbocycles. The summed E-state index contributed by atoms with van der Waals surface area (Å²) in [6, 6.07) is 16.5. The van der Waals surface area contributed by atoms with Gasteiger partial charge in [0.25, 0.3) is 15.9 Å². The normalized spacial score (nSPS) is 12.2. The molecule has 234 valence electrons. The van der Waals surface area contributed by atoms with E-state index in [1.807, 2.05) is 36.7 Å². The summed E-state index contributed by atoms with van der Waals surface area (Å²) in [6.45, 7) is 3.54. The SMILES string of the molecule is COc1cc(C(=O)NS(=O)(=O)c2ccccc2C)ccc1Cc1c(Cl)n(C)c2ccc(CC(C)NC(=O)N(OC)OC)cc12. The number of aryl methyl sites for hydroxylation is 2. The lowest BCUT2D eigenvalue weighted by atomic mass is 9.99. The lowest BCUT2D eigenvalue weighted by molar-refractivity contribution is -0.298. The number of rotatable bonds is 11. The number of urea groups is 1. The Hall–Kier alpha value is -4.10. The van der Waals surface area contributed by atoms with Gasteiger partial charge in [0.15, 0.2) is 0 Å². The molecule has 0 aliphatic heterocycles. The Morgan fingerprint density at radius 2 is 1.73 bits per heavy atom. The minimum atomic E-state index is -4.07. The van der Waals surface area contributed by atoms with E-state index in [9.17, 15) is 18.0 Å². The van der Waals surface area contributed by atoms with Crippen molar-refractivity contribution in [3.63, 3.8) is 0 Å². The second kappa shape index (κ2) is 13.7. The van der Waals surface area contributed by atoms with Crippen molar-refractivity contribution in [1.82, 2.24) is 19.8 Å². The fourth-order valence-corrected chi connectivity index (χ4v) is 6.54. The van der Waals surface area contributed by atoms with E-state index in [0.29, 0.717) is 29.3 Å². The molecule has 0 aliphatic rings. The highest BCUT2D eigenvalue weighted by molar-refractivity contribution is 7.90. The first-order chi connectivity index (χ1) is 20.9. The molecule has 13 heteroatoms. The molecule has 1 heterocycles. The van der Waals surface area contributed by atoms with Crippen molar-refractivity contribution in [2.24, 2.45) is 7.05 Å². The minimum Gasteiger partial charge on any atom is -0.496 e. The summed E-state index contributed by atoms with van der Waals surface area (Å²) in [5.41, 5.74) is 4.16. The van der Waals surface area contributed by atoms with E-state index >= 15 is 0 Å². The Morgan fingerprint density at radius 3 is 2.39 bits per heavy atom. The van der Waals surface area contributed by atoms with Gasteiger partial charge in [0.2, 0.25) is 0 Å². The number of carbonyl (C=O) groups is 2. The summed E-state index contributed by atoms with van der Waals surface area (Å²) in [7, 11) is 1.95. The van der Waals surface area contributed by atoms with Gasteiger partial charge in [-0.1, -0.05) is 47.2 Å². The molecule has 0 saturated heterocycles. The van der Waals surface area contributed by atoms with Crippen LogP contribution in [0, 0.1) is 6.92 Å². The smallest absolute Gasteiger partial charge is 0.367 e. The molecule has 1 aromatic heterocycles. The number of hydroxylamine groups is 2. The first kappa shape index (κ1) is 32.8. The van der Waals surface area contributed by atoms with Crippen LogP contribution in [0.2, 0.25) is 5.15 Å². The monoisotopic (exact) mass is 642 g/mol. The Labute approximate surface area is 261 Å². The maximum Gasteiger partial charge on any atom is 0.367 e. The highest BCUT2D eigenvalue weighted by Gasteiger charge is 2.23. The van der Waals surface area contributed by atoms with E-state index in [0.717, 1.165) is 32.8 Å². The van der Waals surface area contributed by atoms with Gasteiger partial charge >= 0.3 is 6.03 Å². The number of benzene rings is 3. The zero-order valence-corrected chi connectivity index (χ0v) is 26.9. The number of aromatic nitrogens is 1. The molecule has 44 heavy (non-hydrogen) atoms. The van der Waals surface area contributed by atoms with Gasteiger partial charge in [0.1, 0.15) is 10.9 Å². The summed E-state index contributed by atoms with van der Waals surface area (Å²) < 4.78 is 35.3. The quantitative estimate of drug-likeness (QED) is 0.222. The van der Waals surface area contributed by atoms with Gasteiger partial charge in [-0.25, -0.2) is 27.6 Å². The maximum atomic E-state index is 13.0. The fraction of sp³-hybridized carbons (Fsp3) is 0.290. The van der Waals surface area contributed by atoms with Crippen molar-refractivity contribution in [1.29, 1.82) is 0 Å². The van der Waals surface area contributed by atoms with Crippen molar-refractivity contribution >= 4 is 44.5 Å². The van der Waals surface area contributed by atoms with Crippen LogP contribution in [0.5, 0.6) is 5.75 Å². The topological polar surface area (TPSA) is 128 Å². The Balaban J connectivity index is 1.58. The Morgan fingerprint density at radius 1 is 1.02 bits per heavy atom. The molecule has 3 amide bonds. The van der Waals surface area contributed by atoms with E-state index < -0.39 is 22.0 Å². The van der Waals surface area contributed by atoms with Crippen LogP contribution in [0.1, 0.15) is 39.5 Å². The molecule has 0 saturated carbocycles. The number of hydrogen-bond donors (Lipinski definition) is 2. The highest BCUT2D eigenvalue weighted by atomic mass is 35.5. The average molecular weight is 643 g/mol. The third kappa shape index (κ3) is 6.99. The zero-order chi connectivity index (χ0) is 32.2. The predicted molar refractivity (Wildman–Crippen MR) is 167 cm³/mol. The number of sulfonamides is 1. The molecule has 0 aliphatic carbocycles. The third-order valence-electron chi connectivity index (χ3n) is 7.23.